The summed E-state index contributed by atoms with van der Waals surface area (Å²) in [6, 6.07) is 14.7. The zero-order valence-corrected chi connectivity index (χ0v) is 22.6. The van der Waals surface area contributed by atoms with Crippen molar-refractivity contribution in [1.29, 1.82) is 0 Å². The molecule has 0 aliphatic carbocycles. The molecule has 0 unspecified atom stereocenters. The third-order valence-corrected chi connectivity index (χ3v) is 8.21. The van der Waals surface area contributed by atoms with Gasteiger partial charge in [-0.1, -0.05) is 108 Å². The molecule has 0 fully saturated rings. The molecule has 1 aromatic heterocycles. The number of unbranched alkanes of at least 4 members (excludes halogenated alkanes) is 8. The van der Waals surface area contributed by atoms with Crippen LogP contribution in [0.15, 0.2) is 36.4 Å². The molecule has 0 nitrogen and oxygen atoms in total. The number of hydrogen-bond donors (Lipinski definition) is 0. The van der Waals surface area contributed by atoms with Gasteiger partial charge in [-0.15, -0.1) is 11.3 Å². The van der Waals surface area contributed by atoms with Crippen LogP contribution in [0.5, 0.6) is 0 Å². The summed E-state index contributed by atoms with van der Waals surface area (Å²) in [5.74, 6) is 0. The lowest BCUT2D eigenvalue weighted by molar-refractivity contribution is 0.662. The second-order valence-electron chi connectivity index (χ2n) is 10.0. The molecule has 33 heavy (non-hydrogen) atoms. The third kappa shape index (κ3) is 7.71. The number of fused-ring (bicyclic) bond motifs is 1. The largest absolute Gasteiger partial charge is 0.135 e. The maximum Gasteiger partial charge on any atom is 0.0381 e. The Bertz CT molecular complexity index is 978. The zero-order chi connectivity index (χ0) is 23.5. The average molecular weight is 463 g/mol. The molecular formula is C32H46S. The summed E-state index contributed by atoms with van der Waals surface area (Å²) in [7, 11) is 0. The highest BCUT2D eigenvalue weighted by Crippen LogP contribution is 2.39. The quantitative estimate of drug-likeness (QED) is 0.197. The number of aryl methyl sites for hydroxylation is 4. The number of benzene rings is 2. The van der Waals surface area contributed by atoms with Crippen molar-refractivity contribution < 1.29 is 0 Å². The van der Waals surface area contributed by atoms with Crippen LogP contribution in [0.1, 0.15) is 114 Å². The van der Waals surface area contributed by atoms with E-state index in [1.807, 2.05) is 11.3 Å². The average Bonchev–Trinajstić information content (AvgIpc) is 3.24. The molecule has 0 aliphatic heterocycles. The predicted octanol–water partition coefficient (Wildman–Crippen LogP) is 10.9. The monoisotopic (exact) mass is 462 g/mol. The van der Waals surface area contributed by atoms with Crippen LogP contribution < -0.4 is 0 Å². The lowest BCUT2D eigenvalue weighted by Crippen LogP contribution is -1.92. The van der Waals surface area contributed by atoms with Crippen molar-refractivity contribution in [2.45, 2.75) is 118 Å². The summed E-state index contributed by atoms with van der Waals surface area (Å²) < 4.78 is 1.54. The molecule has 0 spiro atoms. The first-order chi connectivity index (χ1) is 16.2. The zero-order valence-electron chi connectivity index (χ0n) is 21.8. The fraction of sp³-hybridized carbons (Fsp3) is 0.562. The van der Waals surface area contributed by atoms with Gasteiger partial charge in [0.05, 0.1) is 0 Å². The Morgan fingerprint density at radius 2 is 1.24 bits per heavy atom. The van der Waals surface area contributed by atoms with Crippen molar-refractivity contribution in [1.82, 2.24) is 0 Å². The summed E-state index contributed by atoms with van der Waals surface area (Å²) in [4.78, 5) is 1.47. The van der Waals surface area contributed by atoms with E-state index in [4.69, 9.17) is 0 Å². The van der Waals surface area contributed by atoms with E-state index in [2.05, 4.69) is 64.1 Å². The van der Waals surface area contributed by atoms with Crippen molar-refractivity contribution in [3.05, 3.63) is 58.7 Å². The van der Waals surface area contributed by atoms with E-state index in [1.165, 1.54) is 111 Å². The van der Waals surface area contributed by atoms with E-state index in [0.717, 1.165) is 0 Å². The molecule has 180 valence electrons. The molecule has 1 heteroatoms. The van der Waals surface area contributed by atoms with E-state index in [0.29, 0.717) is 0 Å². The van der Waals surface area contributed by atoms with Gasteiger partial charge in [-0.25, -0.2) is 0 Å². The SMILES string of the molecule is CCCCCCc1cc(CCCCCC)c2sc(-c3ccc(C)cc3CCCCC)cc2c1. The molecule has 1 heterocycles. The Kier molecular flexibility index (Phi) is 11.0. The third-order valence-electron chi connectivity index (χ3n) is 6.95. The van der Waals surface area contributed by atoms with Crippen LogP contribution >= 0.6 is 11.3 Å². The maximum absolute atomic E-state index is 2.55. The molecule has 0 bridgehead atoms. The lowest BCUT2D eigenvalue weighted by Gasteiger charge is -2.09. The Hall–Kier alpha value is -1.60. The molecule has 3 aromatic rings. The van der Waals surface area contributed by atoms with Gasteiger partial charge in [-0.2, -0.15) is 0 Å². The van der Waals surface area contributed by atoms with Crippen LogP contribution in [0, 0.1) is 6.92 Å². The van der Waals surface area contributed by atoms with Crippen molar-refractivity contribution in [2.75, 3.05) is 0 Å². The van der Waals surface area contributed by atoms with E-state index in [1.54, 1.807) is 21.4 Å². The van der Waals surface area contributed by atoms with Gasteiger partial charge in [0.25, 0.3) is 0 Å². The standard InChI is InChI=1S/C32H46S/c1-5-8-11-14-16-26-22-28(18-15-12-9-6-2)32-29(23-26)24-31(33-32)30-20-19-25(4)21-27(30)17-13-10-7-3/h19-24H,5-18H2,1-4H3. The van der Waals surface area contributed by atoms with Crippen molar-refractivity contribution in [3.63, 3.8) is 0 Å². The van der Waals surface area contributed by atoms with Crippen LogP contribution in [-0.4, -0.2) is 0 Å². The minimum Gasteiger partial charge on any atom is -0.135 e. The molecule has 0 amide bonds. The van der Waals surface area contributed by atoms with Crippen LogP contribution in [0.4, 0.5) is 0 Å². The van der Waals surface area contributed by atoms with Crippen LogP contribution in [-0.2, 0) is 19.3 Å². The van der Waals surface area contributed by atoms with Gasteiger partial charge in [0.15, 0.2) is 0 Å². The Labute approximate surface area is 207 Å². The molecule has 0 N–H and O–H groups in total. The van der Waals surface area contributed by atoms with E-state index in [-0.39, 0.29) is 0 Å². The van der Waals surface area contributed by atoms with Crippen molar-refractivity contribution in [2.24, 2.45) is 0 Å². The summed E-state index contributed by atoms with van der Waals surface area (Å²) in [6.45, 7) is 9.14. The normalized spacial score (nSPS) is 11.5. The first kappa shape index (κ1) is 26.0. The van der Waals surface area contributed by atoms with Crippen molar-refractivity contribution in [3.8, 4) is 10.4 Å². The van der Waals surface area contributed by atoms with Crippen LogP contribution in [0.25, 0.3) is 20.5 Å². The molecular weight excluding hydrogens is 416 g/mol. The Balaban J connectivity index is 1.92. The number of hydrogen-bond acceptors (Lipinski definition) is 1. The summed E-state index contributed by atoms with van der Waals surface area (Å²) in [5.41, 5.74) is 7.56. The van der Waals surface area contributed by atoms with Gasteiger partial charge in [-0.05, 0) is 79.2 Å². The first-order valence-corrected chi connectivity index (χ1v) is 14.6. The molecule has 0 atom stereocenters. The second-order valence-corrected chi connectivity index (χ2v) is 11.1. The second kappa shape index (κ2) is 14.0. The fourth-order valence-electron chi connectivity index (χ4n) is 4.99. The molecule has 0 saturated heterocycles. The lowest BCUT2D eigenvalue weighted by atomic mass is 9.96. The molecule has 2 aromatic carbocycles. The van der Waals surface area contributed by atoms with Gasteiger partial charge >= 0.3 is 0 Å². The highest BCUT2D eigenvalue weighted by molar-refractivity contribution is 7.22. The maximum atomic E-state index is 2.55. The minimum atomic E-state index is 1.20. The summed E-state index contributed by atoms with van der Waals surface area (Å²) >= 11 is 2.04. The Morgan fingerprint density at radius 3 is 1.97 bits per heavy atom. The van der Waals surface area contributed by atoms with Gasteiger partial charge in [0.2, 0.25) is 0 Å². The Morgan fingerprint density at radius 1 is 0.606 bits per heavy atom. The van der Waals surface area contributed by atoms with E-state index in [9.17, 15) is 0 Å². The number of rotatable bonds is 15. The highest BCUT2D eigenvalue weighted by Gasteiger charge is 2.13. The van der Waals surface area contributed by atoms with Gasteiger partial charge in [0.1, 0.15) is 0 Å². The minimum absolute atomic E-state index is 1.20. The molecule has 0 radical (unpaired) electrons. The highest BCUT2D eigenvalue weighted by atomic mass is 32.1. The smallest absolute Gasteiger partial charge is 0.0381 e. The number of thiophene rings is 1. The van der Waals surface area contributed by atoms with Gasteiger partial charge in [-0.3, -0.25) is 0 Å². The molecule has 0 saturated carbocycles. The van der Waals surface area contributed by atoms with Crippen LogP contribution in [0.2, 0.25) is 0 Å². The summed E-state index contributed by atoms with van der Waals surface area (Å²) in [6.07, 6.45) is 18.3. The predicted molar refractivity (Wildman–Crippen MR) is 151 cm³/mol. The van der Waals surface area contributed by atoms with Gasteiger partial charge < -0.3 is 0 Å². The van der Waals surface area contributed by atoms with E-state index < -0.39 is 0 Å². The van der Waals surface area contributed by atoms with E-state index >= 15 is 0 Å². The van der Waals surface area contributed by atoms with Crippen molar-refractivity contribution >= 4 is 21.4 Å². The molecule has 0 aliphatic rings. The van der Waals surface area contributed by atoms with Crippen LogP contribution in [0.3, 0.4) is 0 Å². The van der Waals surface area contributed by atoms with Gasteiger partial charge in [0, 0.05) is 9.58 Å². The fourth-order valence-corrected chi connectivity index (χ4v) is 6.23. The summed E-state index contributed by atoms with van der Waals surface area (Å²) in [5, 5.41) is 1.48. The topological polar surface area (TPSA) is 0 Å². The first-order valence-electron chi connectivity index (χ1n) is 13.8. The molecule has 3 rings (SSSR count).